The molecular weight excluding hydrogens is 601 g/mol. The van der Waals surface area contributed by atoms with Crippen LogP contribution in [0.3, 0.4) is 0 Å². The lowest BCUT2D eigenvalue weighted by Crippen LogP contribution is -2.24. The molecule has 0 saturated heterocycles. The smallest absolute Gasteiger partial charge is 0.340 e. The molecule has 0 aliphatic carbocycles. The van der Waals surface area contributed by atoms with E-state index >= 15 is 0 Å². The van der Waals surface area contributed by atoms with Crippen molar-refractivity contribution in [2.75, 3.05) is 7.11 Å². The Morgan fingerprint density at radius 1 is 0.490 bits per heavy atom. The second-order valence-corrected chi connectivity index (χ2v) is 14.8. The molecule has 1 unspecified atom stereocenters. The summed E-state index contributed by atoms with van der Waals surface area (Å²) >= 11 is 0. The van der Waals surface area contributed by atoms with E-state index in [1.54, 1.807) is 7.11 Å². The van der Waals surface area contributed by atoms with Gasteiger partial charge in [-0.3, -0.25) is 0 Å². The van der Waals surface area contributed by atoms with Gasteiger partial charge in [0.1, 0.15) is 6.10 Å². The van der Waals surface area contributed by atoms with Gasteiger partial charge in [0.2, 0.25) is 0 Å². The number of ether oxygens (including phenoxy) is 2. The highest BCUT2D eigenvalue weighted by Crippen LogP contribution is 2.29. The van der Waals surface area contributed by atoms with Crippen LogP contribution in [0.5, 0.6) is 0 Å². The summed E-state index contributed by atoms with van der Waals surface area (Å²) in [6, 6.07) is 19.1. The molecule has 3 aromatic rings. The van der Waals surface area contributed by atoms with Gasteiger partial charge < -0.3 is 9.47 Å². The van der Waals surface area contributed by atoms with Gasteiger partial charge >= 0.3 is 5.97 Å². The number of benzene rings is 3. The van der Waals surface area contributed by atoms with Gasteiger partial charge in [-0.25, -0.2) is 4.79 Å². The Kier molecular flexibility index (Phi) is 22.1. The van der Waals surface area contributed by atoms with Gasteiger partial charge in [0, 0.05) is 7.11 Å². The number of hydrogen-bond acceptors (Lipinski definition) is 3. The van der Waals surface area contributed by atoms with Crippen molar-refractivity contribution in [3.05, 3.63) is 60.2 Å². The van der Waals surface area contributed by atoms with Gasteiger partial charge in [0.05, 0.1) is 0 Å². The molecule has 0 radical (unpaired) electrons. The number of methoxy groups -OCH3 is 1. The number of carbonyl (C=O) groups is 1. The van der Waals surface area contributed by atoms with Crippen LogP contribution in [0.1, 0.15) is 192 Å². The van der Waals surface area contributed by atoms with Gasteiger partial charge in [0.15, 0.2) is 6.10 Å². The molecule has 0 amide bonds. The fourth-order valence-corrected chi connectivity index (χ4v) is 7.40. The van der Waals surface area contributed by atoms with Crippen molar-refractivity contribution in [1.29, 1.82) is 0 Å². The van der Waals surface area contributed by atoms with Crippen LogP contribution in [0.25, 0.3) is 21.5 Å². The zero-order chi connectivity index (χ0) is 34.8. The lowest BCUT2D eigenvalue weighted by atomic mass is 9.99. The zero-order valence-electron chi connectivity index (χ0n) is 32.0. The fraction of sp³-hybridized carbons (Fsp3) is 0.674. The Morgan fingerprint density at radius 2 is 0.878 bits per heavy atom. The number of hydrogen-bond donors (Lipinski definition) is 0. The number of carbonyl (C=O) groups excluding carboxylic acids is 1. The van der Waals surface area contributed by atoms with Crippen LogP contribution in [0.15, 0.2) is 54.6 Å². The molecule has 0 N–H and O–H groups in total. The lowest BCUT2D eigenvalue weighted by molar-refractivity contribution is -0.162. The molecule has 0 aliphatic heterocycles. The van der Waals surface area contributed by atoms with Crippen molar-refractivity contribution in [2.45, 2.75) is 193 Å². The molecule has 3 rings (SSSR count). The zero-order valence-corrected chi connectivity index (χ0v) is 32.0. The number of fused-ring (bicyclic) bond motifs is 2. The summed E-state index contributed by atoms with van der Waals surface area (Å²) in [7, 11) is 1.62. The molecule has 0 heterocycles. The summed E-state index contributed by atoms with van der Waals surface area (Å²) in [5.41, 5.74) is 0.864. The van der Waals surface area contributed by atoms with Gasteiger partial charge in [0.25, 0.3) is 0 Å². The monoisotopic (exact) mass is 673 g/mol. The van der Waals surface area contributed by atoms with E-state index in [2.05, 4.69) is 62.4 Å². The average molecular weight is 673 g/mol. The minimum absolute atomic E-state index is 0.0264. The van der Waals surface area contributed by atoms with Crippen LogP contribution in [0.2, 0.25) is 0 Å². The molecule has 0 spiro atoms. The van der Waals surface area contributed by atoms with Crippen LogP contribution in [0, 0.1) is 0 Å². The third-order valence-electron chi connectivity index (χ3n) is 10.5. The van der Waals surface area contributed by atoms with E-state index in [-0.39, 0.29) is 12.1 Å². The minimum atomic E-state index is -0.706. The van der Waals surface area contributed by atoms with Crippen molar-refractivity contribution in [3.63, 3.8) is 0 Å². The minimum Gasteiger partial charge on any atom is -0.460 e. The summed E-state index contributed by atoms with van der Waals surface area (Å²) < 4.78 is 12.0. The van der Waals surface area contributed by atoms with Gasteiger partial charge in [-0.15, -0.1) is 0 Å². The van der Waals surface area contributed by atoms with Gasteiger partial charge in [-0.2, -0.15) is 0 Å². The highest BCUT2D eigenvalue weighted by Gasteiger charge is 2.25. The summed E-state index contributed by atoms with van der Waals surface area (Å²) in [5.74, 6) is -0.248. The predicted octanol–water partition coefficient (Wildman–Crippen LogP) is 14.8. The summed E-state index contributed by atoms with van der Waals surface area (Å²) in [6.07, 6.45) is 33.5. The Balaban J connectivity index is 1.38. The molecule has 0 aliphatic rings. The first-order valence-electron chi connectivity index (χ1n) is 20.8. The third kappa shape index (κ3) is 16.9. The van der Waals surface area contributed by atoms with Crippen LogP contribution in [-0.2, 0) is 14.3 Å². The molecule has 49 heavy (non-hydrogen) atoms. The van der Waals surface area contributed by atoms with E-state index in [4.69, 9.17) is 9.47 Å². The van der Waals surface area contributed by atoms with Crippen molar-refractivity contribution in [2.24, 2.45) is 0 Å². The molecule has 3 nitrogen and oxygen atoms in total. The standard InChI is InChI=1S/C46H72O3/c1-4-6-8-10-12-13-14-15-16-17-18-19-20-21-23-25-27-33-44(32-26-24-22-11-9-7-5-2)49-46(47)45(48-3)42-35-34-41-36-39-30-28-29-31-40(39)37-43(41)38-42/h28-31,34-38,44-45H,4-27,32-33H2,1-3H3/t44?,45-/m1/s1. The first-order valence-corrected chi connectivity index (χ1v) is 20.8. The molecule has 3 heteroatoms. The topological polar surface area (TPSA) is 35.5 Å². The molecule has 0 saturated carbocycles. The SMILES string of the molecule is CCCCCCCCCCCCCCCCCCCC(CCCCCCCCC)OC(=O)[C@H](OC)c1ccc2cc3ccccc3cc2c1. The summed E-state index contributed by atoms with van der Waals surface area (Å²) in [5, 5.41) is 4.71. The summed E-state index contributed by atoms with van der Waals surface area (Å²) in [6.45, 7) is 4.56. The molecule has 3 aromatic carbocycles. The van der Waals surface area contributed by atoms with Crippen molar-refractivity contribution in [3.8, 4) is 0 Å². The lowest BCUT2D eigenvalue weighted by Gasteiger charge is -2.22. The molecule has 0 aromatic heterocycles. The highest BCUT2D eigenvalue weighted by atomic mass is 16.6. The van der Waals surface area contributed by atoms with Crippen LogP contribution >= 0.6 is 0 Å². The third-order valence-corrected chi connectivity index (χ3v) is 10.5. The number of rotatable bonds is 30. The van der Waals surface area contributed by atoms with Crippen molar-refractivity contribution >= 4 is 27.5 Å². The van der Waals surface area contributed by atoms with Gasteiger partial charge in [-0.05, 0) is 71.0 Å². The first-order chi connectivity index (χ1) is 24.2. The Labute approximate surface area is 301 Å². The largest absolute Gasteiger partial charge is 0.460 e. The van der Waals surface area contributed by atoms with E-state index in [0.717, 1.165) is 36.6 Å². The fourth-order valence-electron chi connectivity index (χ4n) is 7.40. The molecule has 0 fully saturated rings. The van der Waals surface area contributed by atoms with Crippen LogP contribution < -0.4 is 0 Å². The summed E-state index contributed by atoms with van der Waals surface area (Å²) in [4.78, 5) is 13.6. The normalized spacial score (nSPS) is 12.9. The molecular formula is C46H72O3. The van der Waals surface area contributed by atoms with Crippen molar-refractivity contribution in [1.82, 2.24) is 0 Å². The van der Waals surface area contributed by atoms with E-state index in [1.807, 2.05) is 6.07 Å². The maximum atomic E-state index is 13.6. The first kappa shape index (κ1) is 41.0. The predicted molar refractivity (Wildman–Crippen MR) is 212 cm³/mol. The van der Waals surface area contributed by atoms with E-state index < -0.39 is 6.10 Å². The second kappa shape index (κ2) is 26.4. The number of unbranched alkanes of at least 4 members (excludes halogenated alkanes) is 22. The van der Waals surface area contributed by atoms with Crippen molar-refractivity contribution < 1.29 is 14.3 Å². The molecule has 0 bridgehead atoms. The van der Waals surface area contributed by atoms with E-state index in [1.165, 1.54) is 157 Å². The average Bonchev–Trinajstić information content (AvgIpc) is 3.11. The quantitative estimate of drug-likeness (QED) is 0.0402. The Bertz CT molecular complexity index is 1270. The van der Waals surface area contributed by atoms with Gasteiger partial charge in [-0.1, -0.05) is 192 Å². The highest BCUT2D eigenvalue weighted by molar-refractivity contribution is 5.98. The Hall–Kier alpha value is -2.39. The number of esters is 1. The Morgan fingerprint density at radius 3 is 1.31 bits per heavy atom. The van der Waals surface area contributed by atoms with Crippen LogP contribution in [-0.4, -0.2) is 19.2 Å². The second-order valence-electron chi connectivity index (χ2n) is 14.8. The molecule has 2 atom stereocenters. The molecule has 274 valence electrons. The maximum Gasteiger partial charge on any atom is 0.340 e. The van der Waals surface area contributed by atoms with E-state index in [0.29, 0.717) is 0 Å². The maximum absolute atomic E-state index is 13.6. The van der Waals surface area contributed by atoms with Crippen LogP contribution in [0.4, 0.5) is 0 Å². The van der Waals surface area contributed by atoms with E-state index in [9.17, 15) is 4.79 Å².